The highest BCUT2D eigenvalue weighted by Crippen LogP contribution is 2.22. The fraction of sp³-hybridized carbons (Fsp3) is 0.500. The first-order valence-corrected chi connectivity index (χ1v) is 8.12. The quantitative estimate of drug-likeness (QED) is 0.867. The number of fused-ring (bicyclic) bond motifs is 1. The normalized spacial score (nSPS) is 19.3. The lowest BCUT2D eigenvalue weighted by molar-refractivity contribution is 0.0737. The molecule has 2 heterocycles. The number of aryl methyl sites for hydroxylation is 1. The van der Waals surface area contributed by atoms with Crippen LogP contribution in [0, 0.1) is 5.92 Å². The summed E-state index contributed by atoms with van der Waals surface area (Å²) in [5.41, 5.74) is 1.88. The Morgan fingerprint density at radius 3 is 2.91 bits per heavy atom. The van der Waals surface area contributed by atoms with Crippen LogP contribution in [0.15, 0.2) is 30.5 Å². The highest BCUT2D eigenvalue weighted by Gasteiger charge is 2.25. The number of nitrogens with zero attached hydrogens (tertiary/aromatic N) is 3. The van der Waals surface area contributed by atoms with E-state index in [-0.39, 0.29) is 5.91 Å². The van der Waals surface area contributed by atoms with Crippen molar-refractivity contribution in [3.05, 3.63) is 36.0 Å². The van der Waals surface area contributed by atoms with Crippen LogP contribution in [-0.2, 0) is 11.8 Å². The zero-order valence-electron chi connectivity index (χ0n) is 14.2. The third-order valence-electron chi connectivity index (χ3n) is 4.38. The SMILES string of the molecule is CN(C)C[C@H]1COCCN(C(=O)c2cn(C)c3ccccc23)C1. The standard InChI is InChI=1S/C18H25N3O2/c1-19(2)10-14-11-21(8-9-23-13-14)18(22)16-12-20(3)17-7-5-4-6-15(16)17/h4-7,12,14H,8-11,13H2,1-3H3/t14-/m1/s1. The van der Waals surface area contributed by atoms with Gasteiger partial charge >= 0.3 is 0 Å². The molecule has 124 valence electrons. The predicted octanol–water partition coefficient (Wildman–Crippen LogP) is 1.83. The second kappa shape index (κ2) is 6.72. The van der Waals surface area contributed by atoms with E-state index >= 15 is 0 Å². The highest BCUT2D eigenvalue weighted by molar-refractivity contribution is 6.07. The second-order valence-electron chi connectivity index (χ2n) is 6.63. The van der Waals surface area contributed by atoms with Gasteiger partial charge in [0.05, 0.1) is 18.8 Å². The fourth-order valence-electron chi connectivity index (χ4n) is 3.37. The Labute approximate surface area is 137 Å². The zero-order valence-corrected chi connectivity index (χ0v) is 14.2. The van der Waals surface area contributed by atoms with Crippen LogP contribution in [-0.4, -0.2) is 67.2 Å². The molecular formula is C18H25N3O2. The maximum Gasteiger partial charge on any atom is 0.256 e. The van der Waals surface area contributed by atoms with Crippen LogP contribution in [0.4, 0.5) is 0 Å². The van der Waals surface area contributed by atoms with Gasteiger partial charge in [-0.25, -0.2) is 0 Å². The van der Waals surface area contributed by atoms with Crippen LogP contribution in [0.25, 0.3) is 10.9 Å². The molecule has 1 aliphatic rings. The Balaban J connectivity index is 1.85. The summed E-state index contributed by atoms with van der Waals surface area (Å²) in [5, 5.41) is 1.02. The molecule has 0 spiro atoms. The van der Waals surface area contributed by atoms with Gasteiger partial charge in [0, 0.05) is 49.7 Å². The number of hydrogen-bond acceptors (Lipinski definition) is 3. The first-order valence-electron chi connectivity index (χ1n) is 8.12. The summed E-state index contributed by atoms with van der Waals surface area (Å²) in [6.07, 6.45) is 1.94. The Morgan fingerprint density at radius 2 is 2.13 bits per heavy atom. The van der Waals surface area contributed by atoms with Crippen LogP contribution in [0.5, 0.6) is 0 Å². The van der Waals surface area contributed by atoms with E-state index in [0.29, 0.717) is 19.1 Å². The molecule has 1 aliphatic heterocycles. The summed E-state index contributed by atoms with van der Waals surface area (Å²) in [6, 6.07) is 8.06. The maximum absolute atomic E-state index is 13.1. The van der Waals surface area contributed by atoms with Crippen LogP contribution < -0.4 is 0 Å². The van der Waals surface area contributed by atoms with Gasteiger partial charge in [0.2, 0.25) is 0 Å². The number of benzene rings is 1. The lowest BCUT2D eigenvalue weighted by Crippen LogP contribution is -2.38. The average Bonchev–Trinajstić information content (AvgIpc) is 2.70. The van der Waals surface area contributed by atoms with Gasteiger partial charge in [0.1, 0.15) is 0 Å². The molecule has 23 heavy (non-hydrogen) atoms. The smallest absolute Gasteiger partial charge is 0.256 e. The molecule has 0 aliphatic carbocycles. The van der Waals surface area contributed by atoms with E-state index in [4.69, 9.17) is 4.74 Å². The van der Waals surface area contributed by atoms with E-state index in [1.807, 2.05) is 47.0 Å². The molecule has 1 aromatic carbocycles. The minimum absolute atomic E-state index is 0.107. The van der Waals surface area contributed by atoms with E-state index in [1.165, 1.54) is 0 Å². The molecule has 5 heteroatoms. The monoisotopic (exact) mass is 315 g/mol. The van der Waals surface area contributed by atoms with Crippen molar-refractivity contribution in [1.29, 1.82) is 0 Å². The second-order valence-corrected chi connectivity index (χ2v) is 6.63. The Hall–Kier alpha value is -1.85. The van der Waals surface area contributed by atoms with E-state index < -0.39 is 0 Å². The molecule has 1 atom stereocenters. The van der Waals surface area contributed by atoms with Gasteiger partial charge in [-0.1, -0.05) is 18.2 Å². The summed E-state index contributed by atoms with van der Waals surface area (Å²) in [4.78, 5) is 17.2. The lowest BCUT2D eigenvalue weighted by Gasteiger charge is -2.25. The van der Waals surface area contributed by atoms with Gasteiger partial charge < -0.3 is 19.1 Å². The van der Waals surface area contributed by atoms with E-state index in [0.717, 1.165) is 36.2 Å². The van der Waals surface area contributed by atoms with Crippen molar-refractivity contribution in [3.8, 4) is 0 Å². The number of carbonyl (C=O) groups excluding carboxylic acids is 1. The van der Waals surface area contributed by atoms with E-state index in [2.05, 4.69) is 19.0 Å². The molecule has 1 aromatic heterocycles. The fourth-order valence-corrected chi connectivity index (χ4v) is 3.37. The van der Waals surface area contributed by atoms with Crippen molar-refractivity contribution in [2.75, 3.05) is 46.9 Å². The van der Waals surface area contributed by atoms with Gasteiger partial charge in [-0.15, -0.1) is 0 Å². The Kier molecular flexibility index (Phi) is 4.68. The zero-order chi connectivity index (χ0) is 16.4. The molecular weight excluding hydrogens is 290 g/mol. The maximum atomic E-state index is 13.1. The minimum Gasteiger partial charge on any atom is -0.379 e. The molecule has 1 amide bonds. The van der Waals surface area contributed by atoms with Crippen molar-refractivity contribution in [2.45, 2.75) is 0 Å². The van der Waals surface area contributed by atoms with Crippen molar-refractivity contribution in [2.24, 2.45) is 13.0 Å². The van der Waals surface area contributed by atoms with Crippen LogP contribution in [0.3, 0.4) is 0 Å². The number of para-hydroxylation sites is 1. The molecule has 0 N–H and O–H groups in total. The highest BCUT2D eigenvalue weighted by atomic mass is 16.5. The third kappa shape index (κ3) is 3.41. The van der Waals surface area contributed by atoms with Gasteiger partial charge in [-0.3, -0.25) is 4.79 Å². The molecule has 1 fully saturated rings. The van der Waals surface area contributed by atoms with Crippen molar-refractivity contribution in [3.63, 3.8) is 0 Å². The lowest BCUT2D eigenvalue weighted by atomic mass is 10.1. The Bertz CT molecular complexity index is 693. The van der Waals surface area contributed by atoms with E-state index in [1.54, 1.807) is 0 Å². The number of aromatic nitrogens is 1. The summed E-state index contributed by atoms with van der Waals surface area (Å²) < 4.78 is 7.71. The molecule has 5 nitrogen and oxygen atoms in total. The summed E-state index contributed by atoms with van der Waals surface area (Å²) in [6.45, 7) is 3.67. The van der Waals surface area contributed by atoms with Crippen molar-refractivity contribution >= 4 is 16.8 Å². The Morgan fingerprint density at radius 1 is 1.35 bits per heavy atom. The molecule has 0 radical (unpaired) electrons. The van der Waals surface area contributed by atoms with Gasteiger partial charge in [-0.2, -0.15) is 0 Å². The van der Waals surface area contributed by atoms with Crippen LogP contribution >= 0.6 is 0 Å². The summed E-state index contributed by atoms with van der Waals surface area (Å²) >= 11 is 0. The summed E-state index contributed by atoms with van der Waals surface area (Å²) in [7, 11) is 6.10. The van der Waals surface area contributed by atoms with E-state index in [9.17, 15) is 4.79 Å². The topological polar surface area (TPSA) is 37.7 Å². The first kappa shape index (κ1) is 16.0. The molecule has 0 saturated carbocycles. The van der Waals surface area contributed by atoms with Crippen molar-refractivity contribution < 1.29 is 9.53 Å². The molecule has 3 rings (SSSR count). The number of rotatable bonds is 3. The minimum atomic E-state index is 0.107. The average molecular weight is 315 g/mol. The third-order valence-corrected chi connectivity index (χ3v) is 4.38. The molecule has 0 bridgehead atoms. The number of ether oxygens (including phenoxy) is 1. The van der Waals surface area contributed by atoms with Gasteiger partial charge in [0.25, 0.3) is 5.91 Å². The molecule has 0 unspecified atom stereocenters. The van der Waals surface area contributed by atoms with Crippen LogP contribution in [0.1, 0.15) is 10.4 Å². The number of amides is 1. The van der Waals surface area contributed by atoms with Crippen molar-refractivity contribution in [1.82, 2.24) is 14.4 Å². The molecule has 1 saturated heterocycles. The predicted molar refractivity (Wildman–Crippen MR) is 91.7 cm³/mol. The van der Waals surface area contributed by atoms with Crippen LogP contribution in [0.2, 0.25) is 0 Å². The summed E-state index contributed by atoms with van der Waals surface area (Å²) in [5.74, 6) is 0.461. The van der Waals surface area contributed by atoms with Gasteiger partial charge in [-0.05, 0) is 20.2 Å². The largest absolute Gasteiger partial charge is 0.379 e. The molecule has 2 aromatic rings. The number of hydrogen-bond donors (Lipinski definition) is 0. The number of carbonyl (C=O) groups is 1. The van der Waals surface area contributed by atoms with Gasteiger partial charge in [0.15, 0.2) is 0 Å². The first-order chi connectivity index (χ1) is 11.1.